The Morgan fingerprint density at radius 1 is 1.14 bits per heavy atom. The second kappa shape index (κ2) is 11.2. The molecule has 0 bridgehead atoms. The first kappa shape index (κ1) is 30.3. The molecular formula is C26H37ClFNO5SSi. The Labute approximate surface area is 223 Å². The smallest absolute Gasteiger partial charge is 0.414 e. The minimum absolute atomic E-state index is 0.0302. The van der Waals surface area contributed by atoms with Gasteiger partial charge in [0.2, 0.25) is 0 Å². The van der Waals surface area contributed by atoms with Crippen LogP contribution in [0.4, 0.5) is 14.9 Å². The molecule has 1 heterocycles. The molecule has 0 radical (unpaired) electrons. The highest BCUT2D eigenvalue weighted by molar-refractivity contribution is 7.14. The summed E-state index contributed by atoms with van der Waals surface area (Å²) >= 11 is 7.60. The van der Waals surface area contributed by atoms with Crippen molar-refractivity contribution in [3.63, 3.8) is 0 Å². The zero-order valence-electron chi connectivity index (χ0n) is 22.8. The number of thiophene rings is 1. The van der Waals surface area contributed by atoms with Crippen molar-refractivity contribution in [3.05, 3.63) is 49.9 Å². The quantitative estimate of drug-likeness (QED) is 0.256. The van der Waals surface area contributed by atoms with Gasteiger partial charge in [0.25, 0.3) is 0 Å². The predicted molar refractivity (Wildman–Crippen MR) is 146 cm³/mol. The van der Waals surface area contributed by atoms with Crippen molar-refractivity contribution in [1.82, 2.24) is 0 Å². The molecule has 1 aromatic heterocycles. The Kier molecular flexibility index (Phi) is 9.43. The number of hydrogen-bond acceptors (Lipinski definition) is 6. The number of halogens is 2. The molecule has 6 nitrogen and oxygen atoms in total. The van der Waals surface area contributed by atoms with Crippen LogP contribution in [0.5, 0.6) is 0 Å². The SMILES string of the molecule is COC(=O)c1sc(CO[Si](C)(C)C(C)(C)C)c(Cc2cc(F)ccc2Cl)c1N(C)C(=O)OC(C)(C)C. The lowest BCUT2D eigenvalue weighted by Gasteiger charge is -2.36. The van der Waals surface area contributed by atoms with Gasteiger partial charge in [-0.05, 0) is 68.2 Å². The maximum atomic E-state index is 14.1. The normalized spacial score (nSPS) is 12.4. The van der Waals surface area contributed by atoms with Gasteiger partial charge in [-0.3, -0.25) is 4.90 Å². The summed E-state index contributed by atoms with van der Waals surface area (Å²) in [5.74, 6) is -1.02. The first-order chi connectivity index (χ1) is 16.4. The maximum Gasteiger partial charge on any atom is 0.414 e. The second-order valence-electron chi connectivity index (χ2n) is 11.2. The van der Waals surface area contributed by atoms with Gasteiger partial charge in [0.15, 0.2) is 8.32 Å². The Hall–Kier alpha value is -1.94. The van der Waals surface area contributed by atoms with Crippen molar-refractivity contribution in [2.24, 2.45) is 0 Å². The summed E-state index contributed by atoms with van der Waals surface area (Å²) in [7, 11) is 0.678. The topological polar surface area (TPSA) is 65.1 Å². The maximum absolute atomic E-state index is 14.1. The number of amides is 1. The van der Waals surface area contributed by atoms with E-state index in [1.807, 2.05) is 0 Å². The molecule has 1 amide bonds. The number of carbonyl (C=O) groups excluding carboxylic acids is 2. The lowest BCUT2D eigenvalue weighted by atomic mass is 10.0. The molecule has 0 aliphatic carbocycles. The van der Waals surface area contributed by atoms with Crippen LogP contribution in [0.1, 0.15) is 67.2 Å². The minimum Gasteiger partial charge on any atom is -0.465 e. The first-order valence-corrected chi connectivity index (χ1v) is 15.8. The highest BCUT2D eigenvalue weighted by Gasteiger charge is 2.38. The Morgan fingerprint density at radius 3 is 2.28 bits per heavy atom. The number of nitrogens with zero attached hydrogens (tertiary/aromatic N) is 1. The van der Waals surface area contributed by atoms with Crippen LogP contribution in [-0.4, -0.2) is 40.1 Å². The third kappa shape index (κ3) is 7.31. The highest BCUT2D eigenvalue weighted by Crippen LogP contribution is 2.42. The minimum atomic E-state index is -2.15. The first-order valence-electron chi connectivity index (χ1n) is 11.7. The van der Waals surface area contributed by atoms with Crippen molar-refractivity contribution < 1.29 is 27.9 Å². The molecule has 0 aliphatic heterocycles. The van der Waals surface area contributed by atoms with E-state index in [-0.39, 0.29) is 22.9 Å². The largest absolute Gasteiger partial charge is 0.465 e. The molecule has 0 saturated carbocycles. The Morgan fingerprint density at radius 2 is 1.75 bits per heavy atom. The lowest BCUT2D eigenvalue weighted by molar-refractivity contribution is 0.0588. The predicted octanol–water partition coefficient (Wildman–Crippen LogP) is 7.81. The number of methoxy groups -OCH3 is 1. The fourth-order valence-corrected chi connectivity index (χ4v) is 5.55. The van der Waals surface area contributed by atoms with E-state index in [1.54, 1.807) is 20.8 Å². The van der Waals surface area contributed by atoms with Gasteiger partial charge in [0, 0.05) is 23.4 Å². The molecule has 0 spiro atoms. The summed E-state index contributed by atoms with van der Waals surface area (Å²) < 4.78 is 31.2. The molecule has 0 N–H and O–H groups in total. The van der Waals surface area contributed by atoms with Crippen LogP contribution in [0, 0.1) is 5.82 Å². The second-order valence-corrected chi connectivity index (χ2v) is 17.5. The van der Waals surface area contributed by atoms with Crippen LogP contribution in [0.15, 0.2) is 18.2 Å². The number of rotatable bonds is 7. The number of esters is 1. The summed E-state index contributed by atoms with van der Waals surface area (Å²) in [5.41, 5.74) is 0.765. The fraction of sp³-hybridized carbons (Fsp3) is 0.538. The molecule has 1 aromatic carbocycles. The van der Waals surface area contributed by atoms with Gasteiger partial charge in [-0.2, -0.15) is 0 Å². The molecule has 2 rings (SSSR count). The van der Waals surface area contributed by atoms with Gasteiger partial charge >= 0.3 is 12.1 Å². The Bertz CT molecular complexity index is 1120. The summed E-state index contributed by atoms with van der Waals surface area (Å²) in [6.45, 7) is 16.2. The van der Waals surface area contributed by atoms with Gasteiger partial charge in [-0.25, -0.2) is 14.0 Å². The number of benzene rings is 1. The van der Waals surface area contributed by atoms with E-state index >= 15 is 0 Å². The zero-order chi connectivity index (χ0) is 27.6. The molecule has 36 heavy (non-hydrogen) atoms. The molecule has 200 valence electrons. The van der Waals surface area contributed by atoms with Crippen LogP contribution in [-0.2, 0) is 26.9 Å². The van der Waals surface area contributed by atoms with E-state index in [4.69, 9.17) is 25.5 Å². The van der Waals surface area contributed by atoms with Crippen molar-refractivity contribution in [2.75, 3.05) is 19.1 Å². The molecule has 0 fully saturated rings. The van der Waals surface area contributed by atoms with E-state index in [9.17, 15) is 14.0 Å². The molecule has 0 atom stereocenters. The fourth-order valence-electron chi connectivity index (χ4n) is 3.14. The van der Waals surface area contributed by atoms with Crippen LogP contribution >= 0.6 is 22.9 Å². The van der Waals surface area contributed by atoms with E-state index in [1.165, 1.54) is 48.6 Å². The molecule has 0 unspecified atom stereocenters. The summed E-state index contributed by atoms with van der Waals surface area (Å²) in [6.07, 6.45) is -0.447. The van der Waals surface area contributed by atoms with Gasteiger partial charge in [-0.15, -0.1) is 11.3 Å². The number of anilines is 1. The van der Waals surface area contributed by atoms with Crippen molar-refractivity contribution >= 4 is 49.0 Å². The summed E-state index contributed by atoms with van der Waals surface area (Å²) in [4.78, 5) is 28.2. The molecule has 0 aliphatic rings. The van der Waals surface area contributed by atoms with Crippen molar-refractivity contribution in [2.45, 2.75) is 78.3 Å². The van der Waals surface area contributed by atoms with E-state index in [2.05, 4.69) is 33.9 Å². The molecule has 0 saturated heterocycles. The van der Waals surface area contributed by atoms with Gasteiger partial charge < -0.3 is 13.9 Å². The van der Waals surface area contributed by atoms with E-state index < -0.39 is 31.8 Å². The van der Waals surface area contributed by atoms with Crippen LogP contribution in [0.2, 0.25) is 23.2 Å². The van der Waals surface area contributed by atoms with Gasteiger partial charge in [0.1, 0.15) is 16.3 Å². The summed E-state index contributed by atoms with van der Waals surface area (Å²) in [5, 5.41) is 0.349. The highest BCUT2D eigenvalue weighted by atomic mass is 35.5. The third-order valence-electron chi connectivity index (χ3n) is 6.18. The monoisotopic (exact) mass is 557 g/mol. The number of hydrogen-bond donors (Lipinski definition) is 0. The Balaban J connectivity index is 2.70. The standard InChI is InChI=1S/C26H37ClFNO5SSi/c1-25(2,3)34-24(31)29(7)21-18(14-16-13-17(28)11-12-19(16)27)20(35-22(21)23(30)32-8)15-33-36(9,10)26(4,5)6/h11-13H,14-15H2,1-10H3. The summed E-state index contributed by atoms with van der Waals surface area (Å²) in [6, 6.07) is 4.13. The number of ether oxygens (including phenoxy) is 2. The molecule has 10 heteroatoms. The average Bonchev–Trinajstić information content (AvgIpc) is 3.09. The third-order valence-corrected chi connectivity index (χ3v) is 12.2. The van der Waals surface area contributed by atoms with Crippen LogP contribution in [0.3, 0.4) is 0 Å². The van der Waals surface area contributed by atoms with E-state index in [0.717, 1.165) is 4.88 Å². The average molecular weight is 558 g/mol. The van der Waals surface area contributed by atoms with Gasteiger partial charge in [0.05, 0.1) is 19.4 Å². The van der Waals surface area contributed by atoms with Crippen LogP contribution in [0.25, 0.3) is 0 Å². The van der Waals surface area contributed by atoms with Gasteiger partial charge in [-0.1, -0.05) is 32.4 Å². The molecular weight excluding hydrogens is 521 g/mol. The van der Waals surface area contributed by atoms with Crippen molar-refractivity contribution in [3.8, 4) is 0 Å². The number of carbonyl (C=O) groups is 2. The zero-order valence-corrected chi connectivity index (χ0v) is 25.4. The lowest BCUT2D eigenvalue weighted by Crippen LogP contribution is -2.40. The van der Waals surface area contributed by atoms with Crippen molar-refractivity contribution in [1.29, 1.82) is 0 Å². The van der Waals surface area contributed by atoms with E-state index in [0.29, 0.717) is 21.8 Å². The molecule has 2 aromatic rings. The van der Waals surface area contributed by atoms with Crippen LogP contribution < -0.4 is 4.90 Å².